The first kappa shape index (κ1) is 18.0. The fourth-order valence-corrected chi connectivity index (χ4v) is 2.47. The van der Waals surface area contributed by atoms with Gasteiger partial charge in [-0.05, 0) is 35.6 Å². The Kier molecular flexibility index (Phi) is 8.38. The Hall–Kier alpha value is -1.07. The molecule has 0 saturated heterocycles. The third-order valence-electron chi connectivity index (χ3n) is 3.19. The van der Waals surface area contributed by atoms with Gasteiger partial charge in [0.1, 0.15) is 12.4 Å². The summed E-state index contributed by atoms with van der Waals surface area (Å²) in [6.07, 6.45) is 0.929. The first-order chi connectivity index (χ1) is 9.81. The second-order valence-corrected chi connectivity index (χ2v) is 5.71. The number of nitrogens with one attached hydrogen (secondary N) is 1. The van der Waals surface area contributed by atoms with Crippen LogP contribution in [0, 0.1) is 0 Å². The largest absolute Gasteiger partial charge is 0.488 e. The maximum Gasteiger partial charge on any atom is 0.122 e. The molecule has 0 aliphatic heterocycles. The minimum Gasteiger partial charge on any atom is -0.488 e. The standard InChI is InChI=1S/C16H21NO2S.ClH/c1-2-14(11-18)17-10-13-5-7-15(8-6-13)19-12-16-4-3-9-20-16;/h3-9,14,17-18H,2,10-12H2,1H3;1H. The summed E-state index contributed by atoms with van der Waals surface area (Å²) in [4.78, 5) is 1.23. The van der Waals surface area contributed by atoms with Crippen molar-refractivity contribution in [3.8, 4) is 5.75 Å². The van der Waals surface area contributed by atoms with E-state index >= 15 is 0 Å². The molecule has 1 aromatic carbocycles. The highest BCUT2D eigenvalue weighted by Crippen LogP contribution is 2.16. The van der Waals surface area contributed by atoms with E-state index in [1.54, 1.807) is 11.3 Å². The maximum absolute atomic E-state index is 9.13. The van der Waals surface area contributed by atoms with Gasteiger partial charge in [-0.2, -0.15) is 0 Å². The van der Waals surface area contributed by atoms with Gasteiger partial charge in [-0.25, -0.2) is 0 Å². The monoisotopic (exact) mass is 327 g/mol. The molecule has 0 amide bonds. The van der Waals surface area contributed by atoms with Gasteiger partial charge in [0.15, 0.2) is 0 Å². The van der Waals surface area contributed by atoms with Crippen molar-refractivity contribution in [2.45, 2.75) is 32.5 Å². The van der Waals surface area contributed by atoms with Crippen LogP contribution >= 0.6 is 23.7 Å². The van der Waals surface area contributed by atoms with Crippen LogP contribution < -0.4 is 10.1 Å². The number of benzene rings is 1. The minimum atomic E-state index is 0. The van der Waals surface area contributed by atoms with E-state index in [0.29, 0.717) is 6.61 Å². The summed E-state index contributed by atoms with van der Waals surface area (Å²) >= 11 is 1.70. The molecule has 1 aromatic heterocycles. The Labute approximate surface area is 136 Å². The molecule has 1 heterocycles. The van der Waals surface area contributed by atoms with E-state index < -0.39 is 0 Å². The zero-order chi connectivity index (χ0) is 14.2. The van der Waals surface area contributed by atoms with E-state index in [9.17, 15) is 0 Å². The summed E-state index contributed by atoms with van der Waals surface area (Å²) in [5.41, 5.74) is 1.19. The second-order valence-electron chi connectivity index (χ2n) is 4.68. The highest BCUT2D eigenvalue weighted by atomic mass is 35.5. The van der Waals surface area contributed by atoms with E-state index in [0.717, 1.165) is 18.7 Å². The van der Waals surface area contributed by atoms with Crippen LogP contribution in [-0.2, 0) is 13.2 Å². The topological polar surface area (TPSA) is 41.5 Å². The van der Waals surface area contributed by atoms with Crippen molar-refractivity contribution in [3.63, 3.8) is 0 Å². The van der Waals surface area contributed by atoms with Crippen molar-refractivity contribution in [2.24, 2.45) is 0 Å². The van der Waals surface area contributed by atoms with Crippen LogP contribution in [0.4, 0.5) is 0 Å². The fraction of sp³-hybridized carbons (Fsp3) is 0.375. The van der Waals surface area contributed by atoms with Crippen molar-refractivity contribution in [3.05, 3.63) is 52.2 Å². The van der Waals surface area contributed by atoms with Gasteiger partial charge in [0.25, 0.3) is 0 Å². The van der Waals surface area contributed by atoms with Crippen LogP contribution in [0.1, 0.15) is 23.8 Å². The average molecular weight is 328 g/mol. The summed E-state index contributed by atoms with van der Waals surface area (Å²) in [6.45, 7) is 3.63. The van der Waals surface area contributed by atoms with Crippen LogP contribution in [0.25, 0.3) is 0 Å². The third kappa shape index (κ3) is 6.06. The number of aliphatic hydroxyl groups is 1. The molecule has 21 heavy (non-hydrogen) atoms. The van der Waals surface area contributed by atoms with Gasteiger partial charge in [0.05, 0.1) is 6.61 Å². The molecule has 0 saturated carbocycles. The molecular weight excluding hydrogens is 306 g/mol. The Balaban J connectivity index is 0.00000220. The van der Waals surface area contributed by atoms with Gasteiger partial charge < -0.3 is 15.2 Å². The summed E-state index contributed by atoms with van der Waals surface area (Å²) < 4.78 is 5.72. The lowest BCUT2D eigenvalue weighted by atomic mass is 10.2. The number of thiophene rings is 1. The number of hydrogen-bond acceptors (Lipinski definition) is 4. The van der Waals surface area contributed by atoms with Gasteiger partial charge in [0, 0.05) is 17.5 Å². The van der Waals surface area contributed by atoms with Crippen LogP contribution in [0.2, 0.25) is 0 Å². The van der Waals surface area contributed by atoms with Crippen molar-refractivity contribution >= 4 is 23.7 Å². The number of halogens is 1. The highest BCUT2D eigenvalue weighted by molar-refractivity contribution is 7.09. The molecule has 2 N–H and O–H groups in total. The van der Waals surface area contributed by atoms with E-state index in [1.165, 1.54) is 10.4 Å². The molecule has 0 bridgehead atoms. The van der Waals surface area contributed by atoms with Gasteiger partial charge in [0.2, 0.25) is 0 Å². The van der Waals surface area contributed by atoms with Crippen molar-refractivity contribution in [1.82, 2.24) is 5.32 Å². The molecule has 0 fully saturated rings. The predicted octanol–water partition coefficient (Wildman–Crippen LogP) is 3.61. The number of ether oxygens (including phenoxy) is 1. The van der Waals surface area contributed by atoms with Gasteiger partial charge in [-0.1, -0.05) is 25.1 Å². The van der Waals surface area contributed by atoms with Crippen LogP contribution in [-0.4, -0.2) is 17.8 Å². The Morgan fingerprint density at radius 1 is 1.24 bits per heavy atom. The molecule has 0 radical (unpaired) electrons. The van der Waals surface area contributed by atoms with Crippen molar-refractivity contribution in [1.29, 1.82) is 0 Å². The molecule has 1 unspecified atom stereocenters. The third-order valence-corrected chi connectivity index (χ3v) is 4.04. The van der Waals surface area contributed by atoms with Crippen LogP contribution in [0.15, 0.2) is 41.8 Å². The molecule has 2 aromatic rings. The van der Waals surface area contributed by atoms with Crippen LogP contribution in [0.5, 0.6) is 5.75 Å². The minimum absolute atomic E-state index is 0. The second kappa shape index (κ2) is 9.79. The lowest BCUT2D eigenvalue weighted by Crippen LogP contribution is -2.31. The highest BCUT2D eigenvalue weighted by Gasteiger charge is 2.03. The number of hydrogen-bond donors (Lipinski definition) is 2. The molecule has 3 nitrogen and oxygen atoms in total. The molecular formula is C16H22ClNO2S. The Morgan fingerprint density at radius 2 is 2.00 bits per heavy atom. The molecule has 1 atom stereocenters. The molecule has 2 rings (SSSR count). The molecule has 0 aliphatic rings. The van der Waals surface area contributed by atoms with Gasteiger partial charge in [-0.15, -0.1) is 23.7 Å². The molecule has 116 valence electrons. The zero-order valence-electron chi connectivity index (χ0n) is 12.1. The molecule has 0 spiro atoms. The van der Waals surface area contributed by atoms with Crippen LogP contribution in [0.3, 0.4) is 0 Å². The lowest BCUT2D eigenvalue weighted by molar-refractivity contribution is 0.238. The Bertz CT molecular complexity index is 483. The van der Waals surface area contributed by atoms with E-state index in [4.69, 9.17) is 9.84 Å². The smallest absolute Gasteiger partial charge is 0.122 e. The number of aliphatic hydroxyl groups excluding tert-OH is 1. The maximum atomic E-state index is 9.13. The Morgan fingerprint density at radius 3 is 2.57 bits per heavy atom. The number of rotatable bonds is 8. The fourth-order valence-electron chi connectivity index (χ4n) is 1.85. The lowest BCUT2D eigenvalue weighted by Gasteiger charge is -2.14. The van der Waals surface area contributed by atoms with E-state index in [1.807, 2.05) is 18.2 Å². The van der Waals surface area contributed by atoms with Gasteiger partial charge >= 0.3 is 0 Å². The first-order valence-electron chi connectivity index (χ1n) is 6.90. The molecule has 0 aliphatic carbocycles. The van der Waals surface area contributed by atoms with E-state index in [2.05, 4.69) is 35.8 Å². The summed E-state index contributed by atoms with van der Waals surface area (Å²) in [7, 11) is 0. The summed E-state index contributed by atoms with van der Waals surface area (Å²) in [5, 5.41) is 14.5. The van der Waals surface area contributed by atoms with E-state index in [-0.39, 0.29) is 25.1 Å². The average Bonchev–Trinajstić information content (AvgIpc) is 3.01. The van der Waals surface area contributed by atoms with Crippen molar-refractivity contribution in [2.75, 3.05) is 6.61 Å². The summed E-state index contributed by atoms with van der Waals surface area (Å²) in [6, 6.07) is 12.4. The quantitative estimate of drug-likeness (QED) is 0.778. The van der Waals surface area contributed by atoms with Gasteiger partial charge in [-0.3, -0.25) is 0 Å². The normalized spacial score (nSPS) is 11.7. The SMILES string of the molecule is CCC(CO)NCc1ccc(OCc2cccs2)cc1.Cl. The van der Waals surface area contributed by atoms with Crippen molar-refractivity contribution < 1.29 is 9.84 Å². The predicted molar refractivity (Wildman–Crippen MR) is 90.3 cm³/mol. The zero-order valence-corrected chi connectivity index (χ0v) is 13.8. The summed E-state index contributed by atoms with van der Waals surface area (Å²) in [5.74, 6) is 0.886. The molecule has 5 heteroatoms. The first-order valence-corrected chi connectivity index (χ1v) is 7.78.